The molecule has 0 amide bonds. The highest BCUT2D eigenvalue weighted by atomic mass is 16.4. The fraction of sp³-hybridized carbons (Fsp3) is 0. The molecule has 0 fully saturated rings. The monoisotopic (exact) mass is 288 g/mol. The van der Waals surface area contributed by atoms with Gasteiger partial charge in [0.1, 0.15) is 0 Å². The molecular formula is C18H12N2O2. The van der Waals surface area contributed by atoms with Crippen molar-refractivity contribution in [2.75, 3.05) is 0 Å². The summed E-state index contributed by atoms with van der Waals surface area (Å²) in [6, 6.07) is 16.8. The van der Waals surface area contributed by atoms with Gasteiger partial charge in [0.05, 0.1) is 22.3 Å². The maximum Gasteiger partial charge on any atom is 0.335 e. The number of benzene rings is 2. The molecule has 0 aliphatic heterocycles. The summed E-state index contributed by atoms with van der Waals surface area (Å²) in [6.07, 6.45) is 1.90. The van der Waals surface area contributed by atoms with E-state index in [9.17, 15) is 4.79 Å². The van der Waals surface area contributed by atoms with Crippen LogP contribution in [0.15, 0.2) is 60.8 Å². The lowest BCUT2D eigenvalue weighted by atomic mass is 10.0. The highest BCUT2D eigenvalue weighted by Crippen LogP contribution is 2.31. The van der Waals surface area contributed by atoms with Crippen molar-refractivity contribution in [3.05, 3.63) is 66.4 Å². The lowest BCUT2D eigenvalue weighted by Crippen LogP contribution is -1.95. The van der Waals surface area contributed by atoms with Crippen LogP contribution in [0.4, 0.5) is 0 Å². The first-order valence-corrected chi connectivity index (χ1v) is 6.93. The number of fused-ring (bicyclic) bond motifs is 3. The van der Waals surface area contributed by atoms with Gasteiger partial charge in [0.15, 0.2) is 0 Å². The van der Waals surface area contributed by atoms with E-state index in [1.54, 1.807) is 24.3 Å². The van der Waals surface area contributed by atoms with E-state index in [-0.39, 0.29) is 5.56 Å². The van der Waals surface area contributed by atoms with Crippen molar-refractivity contribution >= 4 is 27.8 Å². The number of hydrogen-bond donors (Lipinski definition) is 2. The number of aromatic amines is 1. The van der Waals surface area contributed by atoms with Gasteiger partial charge in [-0.1, -0.05) is 30.3 Å². The molecule has 0 saturated heterocycles. The maximum atomic E-state index is 11.0. The van der Waals surface area contributed by atoms with Crippen LogP contribution in [0.3, 0.4) is 0 Å². The van der Waals surface area contributed by atoms with Crippen LogP contribution in [0.25, 0.3) is 33.1 Å². The summed E-state index contributed by atoms with van der Waals surface area (Å²) >= 11 is 0. The van der Waals surface area contributed by atoms with Gasteiger partial charge in [-0.05, 0) is 24.3 Å². The Bertz CT molecular complexity index is 1000. The highest BCUT2D eigenvalue weighted by molar-refractivity contribution is 6.09. The largest absolute Gasteiger partial charge is 0.478 e. The van der Waals surface area contributed by atoms with Crippen LogP contribution in [0.1, 0.15) is 10.4 Å². The molecule has 2 aromatic heterocycles. The number of H-pyrrole nitrogens is 1. The number of hydrogen-bond acceptors (Lipinski definition) is 2. The molecule has 22 heavy (non-hydrogen) atoms. The second-order valence-electron chi connectivity index (χ2n) is 5.13. The minimum atomic E-state index is -0.928. The third-order valence-corrected chi connectivity index (χ3v) is 3.82. The molecule has 4 nitrogen and oxygen atoms in total. The highest BCUT2D eigenvalue weighted by Gasteiger charge is 2.11. The van der Waals surface area contributed by atoms with Crippen molar-refractivity contribution in [1.29, 1.82) is 0 Å². The summed E-state index contributed by atoms with van der Waals surface area (Å²) < 4.78 is 0. The van der Waals surface area contributed by atoms with Gasteiger partial charge in [-0.25, -0.2) is 9.78 Å². The molecule has 0 atom stereocenters. The van der Waals surface area contributed by atoms with Gasteiger partial charge >= 0.3 is 5.97 Å². The Morgan fingerprint density at radius 2 is 1.73 bits per heavy atom. The molecule has 0 aliphatic rings. The van der Waals surface area contributed by atoms with Gasteiger partial charge < -0.3 is 10.1 Å². The first-order valence-electron chi connectivity index (χ1n) is 6.93. The number of carboxylic acid groups (broad SMARTS) is 1. The van der Waals surface area contributed by atoms with E-state index in [0.29, 0.717) is 0 Å². The topological polar surface area (TPSA) is 66.0 Å². The molecule has 2 aromatic carbocycles. The van der Waals surface area contributed by atoms with Crippen molar-refractivity contribution in [3.8, 4) is 11.3 Å². The number of aromatic nitrogens is 2. The van der Waals surface area contributed by atoms with Gasteiger partial charge in [-0.15, -0.1) is 0 Å². The molecule has 4 rings (SSSR count). The number of aromatic carboxylic acids is 1. The average molecular weight is 288 g/mol. The SMILES string of the molecule is O=C(O)c1ccc(-c2nc3ccccc3c3cc[nH]c23)cc1. The van der Waals surface area contributed by atoms with Gasteiger partial charge in [-0.2, -0.15) is 0 Å². The van der Waals surface area contributed by atoms with Crippen molar-refractivity contribution in [2.24, 2.45) is 0 Å². The first-order chi connectivity index (χ1) is 10.7. The number of nitrogens with zero attached hydrogens (tertiary/aromatic N) is 1. The average Bonchev–Trinajstić information content (AvgIpc) is 3.04. The van der Waals surface area contributed by atoms with E-state index < -0.39 is 5.97 Å². The van der Waals surface area contributed by atoms with Gasteiger partial charge in [0.2, 0.25) is 0 Å². The standard InChI is InChI=1S/C18H12N2O2/c21-18(22)12-7-5-11(6-8-12)16-17-14(9-10-19-17)13-3-1-2-4-15(13)20-16/h1-10,19H,(H,21,22). The Labute approximate surface area is 126 Å². The zero-order valence-electron chi connectivity index (χ0n) is 11.6. The Kier molecular flexibility index (Phi) is 2.69. The lowest BCUT2D eigenvalue weighted by Gasteiger charge is -2.07. The number of rotatable bonds is 2. The van der Waals surface area contributed by atoms with E-state index in [2.05, 4.69) is 11.1 Å². The fourth-order valence-electron chi connectivity index (χ4n) is 2.74. The molecule has 106 valence electrons. The summed E-state index contributed by atoms with van der Waals surface area (Å²) in [5.41, 5.74) is 3.87. The van der Waals surface area contributed by atoms with Crippen LogP contribution in [-0.4, -0.2) is 21.0 Å². The van der Waals surface area contributed by atoms with Crippen LogP contribution < -0.4 is 0 Å². The van der Waals surface area contributed by atoms with Gasteiger partial charge in [-0.3, -0.25) is 0 Å². The van der Waals surface area contributed by atoms with Crippen LogP contribution >= 0.6 is 0 Å². The normalized spacial score (nSPS) is 11.1. The van der Waals surface area contributed by atoms with E-state index >= 15 is 0 Å². The Balaban J connectivity index is 2.00. The van der Waals surface area contributed by atoms with Crippen LogP contribution in [0, 0.1) is 0 Å². The molecule has 4 aromatic rings. The van der Waals surface area contributed by atoms with E-state index in [4.69, 9.17) is 10.1 Å². The molecule has 0 bridgehead atoms. The number of para-hydroxylation sites is 1. The zero-order chi connectivity index (χ0) is 15.1. The Morgan fingerprint density at radius 3 is 2.50 bits per heavy atom. The Hall–Kier alpha value is -3.14. The van der Waals surface area contributed by atoms with Crippen molar-refractivity contribution in [1.82, 2.24) is 9.97 Å². The molecule has 0 radical (unpaired) electrons. The summed E-state index contributed by atoms with van der Waals surface area (Å²) in [6.45, 7) is 0. The third kappa shape index (κ3) is 1.85. The fourth-order valence-corrected chi connectivity index (χ4v) is 2.74. The smallest absolute Gasteiger partial charge is 0.335 e. The summed E-state index contributed by atoms with van der Waals surface area (Å²) in [4.78, 5) is 19.0. The van der Waals surface area contributed by atoms with Gasteiger partial charge in [0.25, 0.3) is 0 Å². The van der Waals surface area contributed by atoms with E-state index in [1.807, 2.05) is 30.5 Å². The number of carbonyl (C=O) groups is 1. The third-order valence-electron chi connectivity index (χ3n) is 3.82. The van der Waals surface area contributed by atoms with Crippen LogP contribution in [-0.2, 0) is 0 Å². The number of pyridine rings is 1. The van der Waals surface area contributed by atoms with Crippen molar-refractivity contribution < 1.29 is 9.90 Å². The van der Waals surface area contributed by atoms with E-state index in [1.165, 1.54) is 0 Å². The minimum Gasteiger partial charge on any atom is -0.478 e. The molecule has 0 saturated carbocycles. The molecule has 2 heterocycles. The second kappa shape index (κ2) is 4.70. The van der Waals surface area contributed by atoms with Crippen molar-refractivity contribution in [3.63, 3.8) is 0 Å². The number of carboxylic acids is 1. The maximum absolute atomic E-state index is 11.0. The summed E-state index contributed by atoms with van der Waals surface area (Å²) in [5.74, 6) is -0.928. The quantitative estimate of drug-likeness (QED) is 0.584. The Morgan fingerprint density at radius 1 is 0.955 bits per heavy atom. The second-order valence-corrected chi connectivity index (χ2v) is 5.13. The zero-order valence-corrected chi connectivity index (χ0v) is 11.6. The van der Waals surface area contributed by atoms with Crippen LogP contribution in [0.5, 0.6) is 0 Å². The van der Waals surface area contributed by atoms with Crippen molar-refractivity contribution in [2.45, 2.75) is 0 Å². The van der Waals surface area contributed by atoms with Crippen LogP contribution in [0.2, 0.25) is 0 Å². The molecule has 4 heteroatoms. The van der Waals surface area contributed by atoms with E-state index in [0.717, 1.165) is 33.1 Å². The predicted molar refractivity (Wildman–Crippen MR) is 86.0 cm³/mol. The molecule has 2 N–H and O–H groups in total. The minimum absolute atomic E-state index is 0.271. The molecule has 0 aliphatic carbocycles. The molecule has 0 unspecified atom stereocenters. The van der Waals surface area contributed by atoms with Gasteiger partial charge in [0, 0.05) is 22.5 Å². The summed E-state index contributed by atoms with van der Waals surface area (Å²) in [7, 11) is 0. The number of nitrogens with one attached hydrogen (secondary N) is 1. The first kappa shape index (κ1) is 12.6. The lowest BCUT2D eigenvalue weighted by molar-refractivity contribution is 0.0697. The summed E-state index contributed by atoms with van der Waals surface area (Å²) in [5, 5.41) is 11.2. The molecular weight excluding hydrogens is 276 g/mol. The molecule has 0 spiro atoms. The predicted octanol–water partition coefficient (Wildman–Crippen LogP) is 4.08.